The van der Waals surface area contributed by atoms with Crippen LogP contribution < -0.4 is 0 Å². The topological polar surface area (TPSA) is 36.9 Å². The minimum Gasteiger partial charge on any atom is -0.368 e. The summed E-state index contributed by atoms with van der Waals surface area (Å²) in [6.45, 7) is 4.44. The molecule has 1 aromatic carbocycles. The van der Waals surface area contributed by atoms with E-state index in [0.717, 1.165) is 0 Å². The number of hydrogen-bond donors (Lipinski definition) is 0. The smallest absolute Gasteiger partial charge is 0.190 e. The lowest BCUT2D eigenvalue weighted by Gasteiger charge is -2.26. The summed E-state index contributed by atoms with van der Waals surface area (Å²) < 4.78 is 24.1. The summed E-state index contributed by atoms with van der Waals surface area (Å²) in [5.41, 5.74) is 1.17. The highest BCUT2D eigenvalue weighted by Gasteiger charge is 2.58. The lowest BCUT2D eigenvalue weighted by atomic mass is 10.1. The van der Waals surface area contributed by atoms with E-state index in [9.17, 15) is 0 Å². The van der Waals surface area contributed by atoms with Gasteiger partial charge in [0.25, 0.3) is 0 Å². The maximum atomic E-state index is 6.18. The highest BCUT2D eigenvalue weighted by Crippen LogP contribution is 2.46. The average molecular weight is 290 g/mol. The van der Waals surface area contributed by atoms with Crippen molar-refractivity contribution >= 4 is 0 Å². The molecule has 1 saturated carbocycles. The first kappa shape index (κ1) is 13.7. The van der Waals surface area contributed by atoms with Crippen LogP contribution in [0.3, 0.4) is 0 Å². The van der Waals surface area contributed by atoms with Crippen LogP contribution in [-0.4, -0.2) is 30.4 Å². The first-order valence-electron chi connectivity index (χ1n) is 7.79. The number of rotatable bonds is 4. The van der Waals surface area contributed by atoms with Crippen LogP contribution in [0.15, 0.2) is 30.3 Å². The van der Waals surface area contributed by atoms with Crippen molar-refractivity contribution in [1.29, 1.82) is 0 Å². The van der Waals surface area contributed by atoms with Crippen LogP contribution >= 0.6 is 0 Å². The van der Waals surface area contributed by atoms with E-state index in [2.05, 4.69) is 12.1 Å². The molecule has 3 fully saturated rings. The van der Waals surface area contributed by atoms with Gasteiger partial charge in [0, 0.05) is 0 Å². The average Bonchev–Trinajstić information content (AvgIpc) is 3.18. The Bertz CT molecular complexity index is 497. The summed E-state index contributed by atoms with van der Waals surface area (Å²) >= 11 is 0. The van der Waals surface area contributed by atoms with E-state index >= 15 is 0 Å². The number of fused-ring (bicyclic) bond motifs is 1. The summed E-state index contributed by atoms with van der Waals surface area (Å²) in [5, 5.41) is 0. The highest BCUT2D eigenvalue weighted by atomic mass is 16.8. The van der Waals surface area contributed by atoms with Crippen molar-refractivity contribution in [1.82, 2.24) is 0 Å². The molecule has 4 nitrogen and oxygen atoms in total. The van der Waals surface area contributed by atoms with Gasteiger partial charge < -0.3 is 18.9 Å². The van der Waals surface area contributed by atoms with E-state index in [-0.39, 0.29) is 24.6 Å². The molecule has 21 heavy (non-hydrogen) atoms. The van der Waals surface area contributed by atoms with Gasteiger partial charge in [0.2, 0.25) is 0 Å². The van der Waals surface area contributed by atoms with Gasteiger partial charge in [-0.3, -0.25) is 0 Å². The maximum absolute atomic E-state index is 6.18. The molecule has 0 N–H and O–H groups in total. The van der Waals surface area contributed by atoms with E-state index < -0.39 is 5.79 Å². The summed E-state index contributed by atoms with van der Waals surface area (Å²) in [5.74, 6) is 0.0183. The van der Waals surface area contributed by atoms with E-state index in [1.54, 1.807) is 0 Å². The van der Waals surface area contributed by atoms with Crippen molar-refractivity contribution in [3.8, 4) is 0 Å². The zero-order chi connectivity index (χ0) is 14.4. The van der Waals surface area contributed by atoms with Gasteiger partial charge in [-0.05, 0) is 38.2 Å². The third kappa shape index (κ3) is 2.73. The summed E-state index contributed by atoms with van der Waals surface area (Å²) in [4.78, 5) is 0. The highest BCUT2D eigenvalue weighted by molar-refractivity contribution is 5.13. The molecule has 4 rings (SSSR count). The molecule has 4 heteroatoms. The predicted molar refractivity (Wildman–Crippen MR) is 76.4 cm³/mol. The second-order valence-electron chi connectivity index (χ2n) is 6.67. The van der Waals surface area contributed by atoms with Crippen LogP contribution in [0, 0.1) is 5.92 Å². The van der Waals surface area contributed by atoms with Crippen molar-refractivity contribution in [3.05, 3.63) is 35.9 Å². The summed E-state index contributed by atoms with van der Waals surface area (Å²) in [7, 11) is 0. The van der Waals surface area contributed by atoms with Crippen molar-refractivity contribution in [2.24, 2.45) is 5.92 Å². The van der Waals surface area contributed by atoms with Crippen molar-refractivity contribution in [3.63, 3.8) is 0 Å². The molecule has 2 aliphatic heterocycles. The molecule has 4 atom stereocenters. The van der Waals surface area contributed by atoms with Crippen LogP contribution in [-0.2, 0) is 25.6 Å². The number of hydrogen-bond acceptors (Lipinski definition) is 4. The molecule has 4 unspecified atom stereocenters. The lowest BCUT2D eigenvalue weighted by molar-refractivity contribution is -0.221. The second-order valence-corrected chi connectivity index (χ2v) is 6.67. The van der Waals surface area contributed by atoms with E-state index in [1.807, 2.05) is 32.0 Å². The quantitative estimate of drug-likeness (QED) is 0.854. The Kier molecular flexibility index (Phi) is 3.30. The van der Waals surface area contributed by atoms with E-state index in [1.165, 1.54) is 18.4 Å². The van der Waals surface area contributed by atoms with Crippen LogP contribution in [0.1, 0.15) is 32.3 Å². The molecule has 2 heterocycles. The maximum Gasteiger partial charge on any atom is 0.190 e. The third-order valence-corrected chi connectivity index (χ3v) is 4.40. The Morgan fingerprint density at radius 3 is 2.57 bits per heavy atom. The van der Waals surface area contributed by atoms with E-state index in [4.69, 9.17) is 18.9 Å². The number of ether oxygens (including phenoxy) is 4. The molecule has 3 aliphatic rings. The molecule has 0 bridgehead atoms. The normalized spacial score (nSPS) is 37.6. The van der Waals surface area contributed by atoms with Crippen molar-refractivity contribution < 1.29 is 18.9 Å². The van der Waals surface area contributed by atoms with Crippen LogP contribution in [0.25, 0.3) is 0 Å². The van der Waals surface area contributed by atoms with Gasteiger partial charge in [-0.1, -0.05) is 30.3 Å². The van der Waals surface area contributed by atoms with Gasteiger partial charge in [0.15, 0.2) is 12.1 Å². The molecule has 2 saturated heterocycles. The molecule has 0 radical (unpaired) electrons. The molecule has 0 aromatic heterocycles. The van der Waals surface area contributed by atoms with Gasteiger partial charge in [-0.2, -0.15) is 0 Å². The van der Waals surface area contributed by atoms with Gasteiger partial charge in [-0.15, -0.1) is 0 Å². The van der Waals surface area contributed by atoms with Gasteiger partial charge in [-0.25, -0.2) is 0 Å². The van der Waals surface area contributed by atoms with Crippen LogP contribution in [0.5, 0.6) is 0 Å². The Labute approximate surface area is 125 Å². The fraction of sp³-hybridized carbons (Fsp3) is 0.647. The second kappa shape index (κ2) is 5.06. The van der Waals surface area contributed by atoms with Crippen LogP contribution in [0.4, 0.5) is 0 Å². The third-order valence-electron chi connectivity index (χ3n) is 4.40. The standard InChI is InChI=1S/C17H22O4/c1-17(2)20-15-14(18-10-11-6-4-3-5-7-11)13(12-8-9-12)19-16(15)21-17/h3-7,12-16H,8-10H2,1-2H3. The first-order valence-corrected chi connectivity index (χ1v) is 7.79. The Morgan fingerprint density at radius 1 is 1.10 bits per heavy atom. The summed E-state index contributed by atoms with van der Waals surface area (Å²) in [6, 6.07) is 10.2. The molecule has 0 amide bonds. The first-order chi connectivity index (χ1) is 10.1. The summed E-state index contributed by atoms with van der Waals surface area (Å²) in [6.07, 6.45) is 2.11. The molecule has 0 spiro atoms. The molecule has 1 aliphatic carbocycles. The predicted octanol–water partition coefficient (Wildman–Crippen LogP) is 2.86. The fourth-order valence-corrected chi connectivity index (χ4v) is 3.26. The van der Waals surface area contributed by atoms with Crippen molar-refractivity contribution in [2.75, 3.05) is 0 Å². The van der Waals surface area contributed by atoms with Gasteiger partial charge >= 0.3 is 0 Å². The minimum atomic E-state index is -0.585. The van der Waals surface area contributed by atoms with E-state index in [0.29, 0.717) is 12.5 Å². The number of benzene rings is 1. The molecular weight excluding hydrogens is 268 g/mol. The largest absolute Gasteiger partial charge is 0.368 e. The SMILES string of the molecule is CC1(C)OC2OC(C3CC3)C(OCc3ccccc3)C2O1. The molecule has 114 valence electrons. The Balaban J connectivity index is 1.47. The molecular formula is C17H22O4. The van der Waals surface area contributed by atoms with Gasteiger partial charge in [0.1, 0.15) is 12.2 Å². The minimum absolute atomic E-state index is 0.0375. The lowest BCUT2D eigenvalue weighted by Crippen LogP contribution is -2.37. The Hall–Kier alpha value is -0.940. The van der Waals surface area contributed by atoms with Crippen molar-refractivity contribution in [2.45, 2.75) is 63.7 Å². The monoisotopic (exact) mass is 290 g/mol. The molecule has 1 aromatic rings. The van der Waals surface area contributed by atoms with Gasteiger partial charge in [0.05, 0.1) is 12.7 Å². The zero-order valence-corrected chi connectivity index (χ0v) is 12.5. The van der Waals surface area contributed by atoms with Crippen LogP contribution in [0.2, 0.25) is 0 Å². The zero-order valence-electron chi connectivity index (χ0n) is 12.5. The Morgan fingerprint density at radius 2 is 1.86 bits per heavy atom. The fourth-order valence-electron chi connectivity index (χ4n) is 3.26.